The number of aliphatic carboxylic acids is 1. The quantitative estimate of drug-likeness (QED) is 0.312. The first-order valence-electron chi connectivity index (χ1n) is 15.1. The normalized spacial score (nSPS) is 17.1. The summed E-state index contributed by atoms with van der Waals surface area (Å²) in [6.07, 6.45) is 10.1. The molecule has 0 atom stereocenters. The number of para-hydroxylation sites is 1. The van der Waals surface area contributed by atoms with Gasteiger partial charge in [0.25, 0.3) is 0 Å². The Balaban J connectivity index is 1.04. The molecule has 1 aromatic heterocycles. The molecule has 2 aromatic carbocycles. The lowest BCUT2D eigenvalue weighted by Crippen LogP contribution is -2.47. The molecule has 40 heavy (non-hydrogen) atoms. The Labute approximate surface area is 238 Å². The molecule has 2 fully saturated rings. The summed E-state index contributed by atoms with van der Waals surface area (Å²) >= 11 is 0. The molecule has 5 rings (SSSR count). The van der Waals surface area contributed by atoms with Crippen LogP contribution < -0.4 is 9.64 Å². The van der Waals surface area contributed by atoms with E-state index in [1.54, 1.807) is 0 Å². The van der Waals surface area contributed by atoms with E-state index in [1.165, 1.54) is 50.0 Å². The number of hydrogen-bond donors (Lipinski definition) is 1. The van der Waals surface area contributed by atoms with Gasteiger partial charge in [-0.1, -0.05) is 37.1 Å². The standard InChI is InChI=1S/C33H44N4O3/c38-32(39)14-11-28-25-29-7-5-8-31(33(29)34-26-28)37-22-20-36(21-23-37)19-15-27-9-12-30(13-10-27)40-24-6-18-35-16-3-1-2-4-17-35/h5,7-10,12-13,25-26H,1-4,6,11,14-24H2,(H,38,39). The molecule has 3 heterocycles. The van der Waals surface area contributed by atoms with Crippen LogP contribution in [0.4, 0.5) is 5.69 Å². The molecule has 2 saturated heterocycles. The Kier molecular flexibility index (Phi) is 10.3. The number of rotatable bonds is 12. The number of pyridine rings is 1. The molecule has 2 aliphatic rings. The van der Waals surface area contributed by atoms with E-state index in [0.29, 0.717) is 6.42 Å². The minimum atomic E-state index is -0.776. The number of ether oxygens (including phenoxy) is 1. The molecular weight excluding hydrogens is 500 g/mol. The molecule has 214 valence electrons. The highest BCUT2D eigenvalue weighted by Crippen LogP contribution is 2.27. The Bertz CT molecular complexity index is 1220. The maximum atomic E-state index is 10.9. The molecule has 0 unspecified atom stereocenters. The summed E-state index contributed by atoms with van der Waals surface area (Å²) in [7, 11) is 0. The van der Waals surface area contributed by atoms with E-state index in [4.69, 9.17) is 14.8 Å². The molecule has 0 saturated carbocycles. The smallest absolute Gasteiger partial charge is 0.303 e. The second-order valence-electron chi connectivity index (χ2n) is 11.3. The van der Waals surface area contributed by atoms with E-state index in [0.717, 1.165) is 80.9 Å². The Morgan fingerprint density at radius 2 is 1.57 bits per heavy atom. The summed E-state index contributed by atoms with van der Waals surface area (Å²) in [5.74, 6) is 0.202. The number of hydrogen-bond acceptors (Lipinski definition) is 6. The maximum Gasteiger partial charge on any atom is 0.303 e. The molecule has 0 radical (unpaired) electrons. The topological polar surface area (TPSA) is 69.1 Å². The third-order valence-corrected chi connectivity index (χ3v) is 8.31. The molecule has 7 heteroatoms. The highest BCUT2D eigenvalue weighted by Gasteiger charge is 2.19. The number of anilines is 1. The fourth-order valence-corrected chi connectivity index (χ4v) is 5.92. The second-order valence-corrected chi connectivity index (χ2v) is 11.3. The number of aryl methyl sites for hydroxylation is 1. The number of carbonyl (C=O) groups is 1. The number of aromatic nitrogens is 1. The number of piperazine rings is 1. The van der Waals surface area contributed by atoms with Crippen molar-refractivity contribution in [3.63, 3.8) is 0 Å². The Morgan fingerprint density at radius 1 is 0.825 bits per heavy atom. The van der Waals surface area contributed by atoms with Crippen molar-refractivity contribution in [1.82, 2.24) is 14.8 Å². The van der Waals surface area contributed by atoms with Gasteiger partial charge in [0.2, 0.25) is 0 Å². The first-order chi connectivity index (χ1) is 19.6. The molecule has 3 aromatic rings. The fraction of sp³-hybridized carbons (Fsp3) is 0.515. The summed E-state index contributed by atoms with van der Waals surface area (Å²) in [6.45, 7) is 9.53. The Morgan fingerprint density at radius 3 is 2.33 bits per heavy atom. The third-order valence-electron chi connectivity index (χ3n) is 8.31. The van der Waals surface area contributed by atoms with Gasteiger partial charge in [0.05, 0.1) is 17.8 Å². The van der Waals surface area contributed by atoms with Crippen molar-refractivity contribution in [2.45, 2.75) is 51.4 Å². The lowest BCUT2D eigenvalue weighted by molar-refractivity contribution is -0.136. The van der Waals surface area contributed by atoms with Crippen molar-refractivity contribution < 1.29 is 14.6 Å². The number of fused-ring (bicyclic) bond motifs is 1. The van der Waals surface area contributed by atoms with Crippen molar-refractivity contribution in [2.24, 2.45) is 0 Å². The van der Waals surface area contributed by atoms with Crippen LogP contribution in [0.2, 0.25) is 0 Å². The van der Waals surface area contributed by atoms with Crippen LogP contribution in [-0.2, 0) is 17.6 Å². The van der Waals surface area contributed by atoms with Crippen molar-refractivity contribution in [2.75, 3.05) is 63.9 Å². The van der Waals surface area contributed by atoms with E-state index in [-0.39, 0.29) is 6.42 Å². The second kappa shape index (κ2) is 14.5. The van der Waals surface area contributed by atoms with Crippen LogP contribution in [0.1, 0.15) is 49.7 Å². The van der Waals surface area contributed by atoms with Gasteiger partial charge in [-0.25, -0.2) is 0 Å². The summed E-state index contributed by atoms with van der Waals surface area (Å²) in [5.41, 5.74) is 4.50. The molecule has 0 bridgehead atoms. The third kappa shape index (κ3) is 8.18. The molecule has 1 N–H and O–H groups in total. The van der Waals surface area contributed by atoms with Crippen molar-refractivity contribution in [3.05, 3.63) is 65.9 Å². The van der Waals surface area contributed by atoms with Crippen molar-refractivity contribution >= 4 is 22.6 Å². The van der Waals surface area contributed by atoms with Gasteiger partial charge in [-0.2, -0.15) is 0 Å². The molecule has 2 aliphatic heterocycles. The largest absolute Gasteiger partial charge is 0.494 e. The highest BCUT2D eigenvalue weighted by atomic mass is 16.5. The van der Waals surface area contributed by atoms with Crippen LogP contribution in [0, 0.1) is 0 Å². The molecular formula is C33H44N4O3. The summed E-state index contributed by atoms with van der Waals surface area (Å²) in [4.78, 5) is 23.2. The van der Waals surface area contributed by atoms with Crippen LogP contribution in [0.15, 0.2) is 54.7 Å². The van der Waals surface area contributed by atoms with E-state index >= 15 is 0 Å². The van der Waals surface area contributed by atoms with Gasteiger partial charge in [0.15, 0.2) is 0 Å². The van der Waals surface area contributed by atoms with E-state index in [2.05, 4.69) is 63.2 Å². The van der Waals surface area contributed by atoms with Crippen LogP contribution in [0.5, 0.6) is 5.75 Å². The van der Waals surface area contributed by atoms with Crippen molar-refractivity contribution in [3.8, 4) is 5.75 Å². The Hall–Kier alpha value is -3.16. The molecule has 0 spiro atoms. The predicted molar refractivity (Wildman–Crippen MR) is 162 cm³/mol. The zero-order valence-corrected chi connectivity index (χ0v) is 23.8. The molecule has 0 amide bonds. The fourth-order valence-electron chi connectivity index (χ4n) is 5.92. The van der Waals surface area contributed by atoms with Gasteiger partial charge in [0.1, 0.15) is 5.75 Å². The van der Waals surface area contributed by atoms with Crippen LogP contribution in [0.25, 0.3) is 10.9 Å². The monoisotopic (exact) mass is 544 g/mol. The number of carboxylic acid groups (broad SMARTS) is 1. The van der Waals surface area contributed by atoms with Crippen molar-refractivity contribution in [1.29, 1.82) is 0 Å². The van der Waals surface area contributed by atoms with E-state index in [9.17, 15) is 4.79 Å². The number of likely N-dealkylation sites (tertiary alicyclic amines) is 1. The SMILES string of the molecule is O=C(O)CCc1cnc2c(N3CCN(CCc4ccc(OCCCN5CCCCCC5)cc4)CC3)cccc2c1. The van der Waals surface area contributed by atoms with Gasteiger partial charge in [-0.05, 0) is 80.6 Å². The van der Waals surface area contributed by atoms with Gasteiger partial charge in [0, 0.05) is 57.3 Å². The number of nitrogens with zero attached hydrogens (tertiary/aromatic N) is 4. The van der Waals surface area contributed by atoms with Crippen LogP contribution in [0.3, 0.4) is 0 Å². The summed E-state index contributed by atoms with van der Waals surface area (Å²) in [5, 5.41) is 10.1. The zero-order valence-electron chi connectivity index (χ0n) is 23.8. The molecule has 7 nitrogen and oxygen atoms in total. The zero-order chi connectivity index (χ0) is 27.6. The average Bonchev–Trinajstić information content (AvgIpc) is 3.26. The van der Waals surface area contributed by atoms with Crippen LogP contribution in [-0.4, -0.2) is 84.8 Å². The first kappa shape index (κ1) is 28.4. The van der Waals surface area contributed by atoms with Crippen LogP contribution >= 0.6 is 0 Å². The van der Waals surface area contributed by atoms with Gasteiger partial charge >= 0.3 is 5.97 Å². The lowest BCUT2D eigenvalue weighted by Gasteiger charge is -2.36. The van der Waals surface area contributed by atoms with E-state index in [1.807, 2.05) is 6.20 Å². The maximum absolute atomic E-state index is 10.9. The van der Waals surface area contributed by atoms with Gasteiger partial charge in [-0.3, -0.25) is 14.7 Å². The summed E-state index contributed by atoms with van der Waals surface area (Å²) < 4.78 is 6.02. The van der Waals surface area contributed by atoms with Gasteiger partial charge < -0.3 is 19.6 Å². The van der Waals surface area contributed by atoms with Gasteiger partial charge in [-0.15, -0.1) is 0 Å². The summed E-state index contributed by atoms with van der Waals surface area (Å²) in [6, 6.07) is 17.1. The highest BCUT2D eigenvalue weighted by molar-refractivity contribution is 5.91. The first-order valence-corrected chi connectivity index (χ1v) is 15.1. The number of benzene rings is 2. The molecule has 0 aliphatic carbocycles. The predicted octanol–water partition coefficient (Wildman–Crippen LogP) is 5.26. The minimum absolute atomic E-state index is 0.131. The average molecular weight is 545 g/mol. The number of carboxylic acids is 1. The minimum Gasteiger partial charge on any atom is -0.494 e. The van der Waals surface area contributed by atoms with E-state index < -0.39 is 5.97 Å². The lowest BCUT2D eigenvalue weighted by atomic mass is 10.1.